The lowest BCUT2D eigenvalue weighted by atomic mass is 10.2. The second kappa shape index (κ2) is 3.43. The van der Waals surface area contributed by atoms with Gasteiger partial charge in [0.05, 0.1) is 12.1 Å². The van der Waals surface area contributed by atoms with E-state index < -0.39 is 0 Å². The van der Waals surface area contributed by atoms with Crippen molar-refractivity contribution in [1.29, 1.82) is 0 Å². The molecule has 5 nitrogen and oxygen atoms in total. The lowest BCUT2D eigenvalue weighted by Gasteiger charge is -2.02. The molecule has 5 heteroatoms. The molecule has 1 aliphatic rings. The molecule has 2 heterocycles. The number of aryl methyl sites for hydroxylation is 1. The Morgan fingerprint density at radius 1 is 1.62 bits per heavy atom. The van der Waals surface area contributed by atoms with Crippen molar-refractivity contribution < 1.29 is 5.11 Å². The number of aliphatic hydroxyl groups excluding tert-OH is 1. The van der Waals surface area contributed by atoms with Gasteiger partial charge in [0.2, 0.25) is 0 Å². The van der Waals surface area contributed by atoms with E-state index in [9.17, 15) is 5.11 Å². The van der Waals surface area contributed by atoms with E-state index in [0.717, 1.165) is 18.1 Å². The minimum atomic E-state index is -0.256. The minimum absolute atomic E-state index is 0.117. The first-order valence-corrected chi connectivity index (χ1v) is 4.62. The number of aliphatic hydroxyl groups is 1. The van der Waals surface area contributed by atoms with Crippen LogP contribution in [0.2, 0.25) is 0 Å². The number of hydrogen-bond donors (Lipinski definition) is 3. The molecule has 0 spiro atoms. The van der Waals surface area contributed by atoms with Gasteiger partial charge in [0.25, 0.3) is 0 Å². The molecule has 1 aliphatic heterocycles. The van der Waals surface area contributed by atoms with E-state index in [0.29, 0.717) is 13.0 Å². The molecule has 1 aromatic heterocycles. The molecule has 0 saturated carbocycles. The van der Waals surface area contributed by atoms with Crippen molar-refractivity contribution in [1.82, 2.24) is 20.5 Å². The fourth-order valence-electron chi connectivity index (χ4n) is 1.54. The maximum absolute atomic E-state index is 9.30. The van der Waals surface area contributed by atoms with Crippen LogP contribution in [0, 0.1) is 0 Å². The summed E-state index contributed by atoms with van der Waals surface area (Å²) in [4.78, 5) is 4.30. The van der Waals surface area contributed by atoms with Gasteiger partial charge in [-0.15, -0.1) is 0 Å². The van der Waals surface area contributed by atoms with E-state index in [1.807, 2.05) is 6.92 Å². The SMILES string of the molecule is CCc1nc(C2CC(O)CN2)n[nH]1. The number of nitrogens with zero attached hydrogens (tertiary/aromatic N) is 2. The highest BCUT2D eigenvalue weighted by atomic mass is 16.3. The smallest absolute Gasteiger partial charge is 0.167 e. The van der Waals surface area contributed by atoms with E-state index in [1.54, 1.807) is 0 Å². The number of rotatable bonds is 2. The van der Waals surface area contributed by atoms with Gasteiger partial charge < -0.3 is 10.4 Å². The Kier molecular flexibility index (Phi) is 2.28. The highest BCUT2D eigenvalue weighted by molar-refractivity contribution is 5.00. The second-order valence-electron chi connectivity index (χ2n) is 3.34. The van der Waals surface area contributed by atoms with Crippen LogP contribution in [0.4, 0.5) is 0 Å². The second-order valence-corrected chi connectivity index (χ2v) is 3.34. The van der Waals surface area contributed by atoms with Crippen LogP contribution in [0.1, 0.15) is 31.0 Å². The van der Waals surface area contributed by atoms with Gasteiger partial charge >= 0.3 is 0 Å². The average molecular weight is 182 g/mol. The Hall–Kier alpha value is -0.940. The molecule has 1 fully saturated rings. The van der Waals surface area contributed by atoms with Crippen LogP contribution in [-0.4, -0.2) is 32.9 Å². The van der Waals surface area contributed by atoms with E-state index in [2.05, 4.69) is 20.5 Å². The molecular weight excluding hydrogens is 168 g/mol. The predicted octanol–water partition coefficient (Wildman–Crippen LogP) is -0.238. The summed E-state index contributed by atoms with van der Waals surface area (Å²) >= 11 is 0. The van der Waals surface area contributed by atoms with Crippen molar-refractivity contribution in [2.45, 2.75) is 31.9 Å². The van der Waals surface area contributed by atoms with Crippen molar-refractivity contribution in [3.05, 3.63) is 11.6 Å². The van der Waals surface area contributed by atoms with Crippen LogP contribution < -0.4 is 5.32 Å². The Morgan fingerprint density at radius 2 is 2.46 bits per heavy atom. The molecule has 0 bridgehead atoms. The molecule has 13 heavy (non-hydrogen) atoms. The van der Waals surface area contributed by atoms with Crippen LogP contribution in [0.5, 0.6) is 0 Å². The lowest BCUT2D eigenvalue weighted by Crippen LogP contribution is -2.15. The Balaban J connectivity index is 2.08. The third-order valence-corrected chi connectivity index (χ3v) is 2.30. The first-order valence-electron chi connectivity index (χ1n) is 4.62. The molecule has 2 unspecified atom stereocenters. The first kappa shape index (κ1) is 8.65. The molecule has 72 valence electrons. The topological polar surface area (TPSA) is 73.8 Å². The number of aromatic nitrogens is 3. The summed E-state index contributed by atoms with van der Waals surface area (Å²) in [7, 11) is 0. The van der Waals surface area contributed by atoms with Crippen molar-refractivity contribution in [2.75, 3.05) is 6.54 Å². The Bertz CT molecular complexity index is 285. The summed E-state index contributed by atoms with van der Waals surface area (Å²) in [6.07, 6.45) is 1.32. The van der Waals surface area contributed by atoms with Gasteiger partial charge in [-0.05, 0) is 6.42 Å². The first-order chi connectivity index (χ1) is 6.29. The zero-order valence-corrected chi connectivity index (χ0v) is 7.62. The molecule has 0 aliphatic carbocycles. The average Bonchev–Trinajstić information content (AvgIpc) is 2.71. The van der Waals surface area contributed by atoms with E-state index in [4.69, 9.17) is 0 Å². The maximum atomic E-state index is 9.30. The number of H-pyrrole nitrogens is 1. The normalized spacial score (nSPS) is 28.2. The third kappa shape index (κ3) is 1.71. The van der Waals surface area contributed by atoms with Crippen molar-refractivity contribution in [2.24, 2.45) is 0 Å². The molecule has 2 atom stereocenters. The third-order valence-electron chi connectivity index (χ3n) is 2.30. The Labute approximate surface area is 76.6 Å². The standard InChI is InChI=1S/C8H14N4O/c1-2-7-10-8(12-11-7)6-3-5(13)4-9-6/h5-6,9,13H,2-4H2,1H3,(H,10,11,12). The highest BCUT2D eigenvalue weighted by Crippen LogP contribution is 2.19. The molecular formula is C8H14N4O. The number of hydrogen-bond acceptors (Lipinski definition) is 4. The van der Waals surface area contributed by atoms with Crippen LogP contribution in [0.25, 0.3) is 0 Å². The van der Waals surface area contributed by atoms with Crippen molar-refractivity contribution >= 4 is 0 Å². The zero-order chi connectivity index (χ0) is 9.26. The quantitative estimate of drug-likeness (QED) is 0.590. The van der Waals surface area contributed by atoms with Gasteiger partial charge in [0.1, 0.15) is 5.82 Å². The highest BCUT2D eigenvalue weighted by Gasteiger charge is 2.26. The fourth-order valence-corrected chi connectivity index (χ4v) is 1.54. The van der Waals surface area contributed by atoms with Crippen LogP contribution >= 0.6 is 0 Å². The lowest BCUT2D eigenvalue weighted by molar-refractivity contribution is 0.193. The van der Waals surface area contributed by atoms with Gasteiger partial charge in [0.15, 0.2) is 5.82 Å². The van der Waals surface area contributed by atoms with Crippen LogP contribution in [-0.2, 0) is 6.42 Å². The predicted molar refractivity (Wildman–Crippen MR) is 47.1 cm³/mol. The van der Waals surface area contributed by atoms with Crippen LogP contribution in [0.15, 0.2) is 0 Å². The van der Waals surface area contributed by atoms with Gasteiger partial charge in [-0.25, -0.2) is 4.98 Å². The maximum Gasteiger partial charge on any atom is 0.167 e. The summed E-state index contributed by atoms with van der Waals surface area (Å²) in [6, 6.07) is 0.117. The fraction of sp³-hybridized carbons (Fsp3) is 0.750. The molecule has 3 N–H and O–H groups in total. The van der Waals surface area contributed by atoms with E-state index in [-0.39, 0.29) is 12.1 Å². The van der Waals surface area contributed by atoms with E-state index >= 15 is 0 Å². The van der Waals surface area contributed by atoms with Crippen molar-refractivity contribution in [3.63, 3.8) is 0 Å². The monoisotopic (exact) mass is 182 g/mol. The molecule has 1 aromatic rings. The summed E-state index contributed by atoms with van der Waals surface area (Å²) in [6.45, 7) is 2.67. The van der Waals surface area contributed by atoms with E-state index in [1.165, 1.54) is 0 Å². The summed E-state index contributed by atoms with van der Waals surface area (Å²) < 4.78 is 0. The molecule has 0 aromatic carbocycles. The van der Waals surface area contributed by atoms with Crippen molar-refractivity contribution in [3.8, 4) is 0 Å². The summed E-state index contributed by atoms with van der Waals surface area (Å²) in [5.41, 5.74) is 0. The molecule has 2 rings (SSSR count). The summed E-state index contributed by atoms with van der Waals surface area (Å²) in [5, 5.41) is 19.4. The van der Waals surface area contributed by atoms with Gasteiger partial charge in [-0.1, -0.05) is 6.92 Å². The van der Waals surface area contributed by atoms with Gasteiger partial charge in [-0.3, -0.25) is 5.10 Å². The minimum Gasteiger partial charge on any atom is -0.392 e. The Morgan fingerprint density at radius 3 is 3.00 bits per heavy atom. The molecule has 0 radical (unpaired) electrons. The van der Waals surface area contributed by atoms with Crippen LogP contribution in [0.3, 0.4) is 0 Å². The van der Waals surface area contributed by atoms with Gasteiger partial charge in [0, 0.05) is 13.0 Å². The number of aromatic amines is 1. The number of β-amino-alcohol motifs (C(OH)–C–C–N with tert-alkyl or cyclic N) is 1. The molecule has 0 amide bonds. The number of nitrogens with one attached hydrogen (secondary N) is 2. The molecule has 1 saturated heterocycles. The van der Waals surface area contributed by atoms with Gasteiger partial charge in [-0.2, -0.15) is 5.10 Å². The zero-order valence-electron chi connectivity index (χ0n) is 7.62. The largest absolute Gasteiger partial charge is 0.392 e. The summed E-state index contributed by atoms with van der Waals surface area (Å²) in [5.74, 6) is 1.67.